The average Bonchev–Trinajstić information content (AvgIpc) is 3.51. The molecule has 4 aromatic rings. The highest BCUT2D eigenvalue weighted by molar-refractivity contribution is 6.02. The van der Waals surface area contributed by atoms with Crippen molar-refractivity contribution in [3.63, 3.8) is 0 Å². The highest BCUT2D eigenvalue weighted by Gasteiger charge is 2.50. The Morgan fingerprint density at radius 2 is 1.84 bits per heavy atom. The van der Waals surface area contributed by atoms with Crippen LogP contribution < -0.4 is 0 Å². The molecule has 0 saturated heterocycles. The van der Waals surface area contributed by atoms with Crippen LogP contribution in [-0.2, 0) is 16.6 Å². The van der Waals surface area contributed by atoms with Crippen molar-refractivity contribution in [2.45, 2.75) is 39.0 Å². The van der Waals surface area contributed by atoms with E-state index in [1.165, 1.54) is 12.1 Å². The molecule has 2 aromatic heterocycles. The summed E-state index contributed by atoms with van der Waals surface area (Å²) in [6.07, 6.45) is 3.36. The number of aryl methyl sites for hydroxylation is 1. The Morgan fingerprint density at radius 1 is 1.14 bits per heavy atom. The number of carbonyl (C=O) groups excluding carboxylic acids is 1. The first kappa shape index (κ1) is 23.0. The number of fused-ring (bicyclic) bond motifs is 3. The smallest absolute Gasteiger partial charge is 0.223 e. The van der Waals surface area contributed by atoms with Crippen molar-refractivity contribution >= 4 is 5.78 Å². The van der Waals surface area contributed by atoms with Crippen molar-refractivity contribution < 1.29 is 13.7 Å². The number of hydrogen-bond acceptors (Lipinski definition) is 6. The summed E-state index contributed by atoms with van der Waals surface area (Å²) in [5.41, 5.74) is 4.86. The van der Waals surface area contributed by atoms with Crippen LogP contribution in [0.15, 0.2) is 64.7 Å². The van der Waals surface area contributed by atoms with Gasteiger partial charge in [-0.2, -0.15) is 15.3 Å². The van der Waals surface area contributed by atoms with E-state index in [1.54, 1.807) is 19.1 Å². The van der Waals surface area contributed by atoms with Gasteiger partial charge in [-0.15, -0.1) is 0 Å². The van der Waals surface area contributed by atoms with E-state index >= 15 is 0 Å². The molecule has 0 N–H and O–H groups in total. The third kappa shape index (κ3) is 3.53. The Hall–Kier alpha value is -4.38. The van der Waals surface area contributed by atoms with Crippen LogP contribution in [0, 0.1) is 35.9 Å². The van der Waals surface area contributed by atoms with Crippen molar-refractivity contribution in [1.82, 2.24) is 19.9 Å². The number of benzene rings is 2. The third-order valence-electron chi connectivity index (χ3n) is 7.83. The maximum atomic E-state index is 13.7. The van der Waals surface area contributed by atoms with Gasteiger partial charge in [-0.25, -0.2) is 9.07 Å². The Labute approximate surface area is 213 Å². The molecule has 0 spiro atoms. The quantitative estimate of drug-likeness (QED) is 0.372. The summed E-state index contributed by atoms with van der Waals surface area (Å²) in [6, 6.07) is 16.2. The summed E-state index contributed by atoms with van der Waals surface area (Å²) in [6.45, 7) is 5.76. The fourth-order valence-corrected chi connectivity index (χ4v) is 6.04. The Kier molecular flexibility index (Phi) is 5.19. The summed E-state index contributed by atoms with van der Waals surface area (Å²) in [5, 5.41) is 18.8. The van der Waals surface area contributed by atoms with E-state index in [-0.39, 0.29) is 29.0 Å². The van der Waals surface area contributed by atoms with E-state index in [0.717, 1.165) is 46.6 Å². The van der Waals surface area contributed by atoms with E-state index < -0.39 is 5.41 Å². The molecular weight excluding hydrogens is 469 g/mol. The van der Waals surface area contributed by atoms with E-state index in [2.05, 4.69) is 23.1 Å². The van der Waals surface area contributed by atoms with Crippen LogP contribution >= 0.6 is 0 Å². The molecular formula is C29H24FN5O2. The number of rotatable bonds is 3. The van der Waals surface area contributed by atoms with Gasteiger partial charge in [0.1, 0.15) is 11.9 Å². The zero-order valence-electron chi connectivity index (χ0n) is 20.7. The van der Waals surface area contributed by atoms with Crippen molar-refractivity contribution in [2.75, 3.05) is 0 Å². The molecule has 2 aliphatic rings. The third-order valence-corrected chi connectivity index (χ3v) is 7.83. The second-order valence-corrected chi connectivity index (χ2v) is 10.0. The van der Waals surface area contributed by atoms with Gasteiger partial charge in [-0.1, -0.05) is 25.1 Å². The van der Waals surface area contributed by atoms with E-state index in [0.29, 0.717) is 11.7 Å². The maximum absolute atomic E-state index is 13.7. The zero-order valence-corrected chi connectivity index (χ0v) is 20.7. The van der Waals surface area contributed by atoms with Crippen molar-refractivity contribution in [1.29, 1.82) is 5.26 Å². The van der Waals surface area contributed by atoms with E-state index in [4.69, 9.17) is 9.62 Å². The van der Waals surface area contributed by atoms with Crippen molar-refractivity contribution in [3.05, 3.63) is 83.1 Å². The normalized spacial score (nSPS) is 22.7. The van der Waals surface area contributed by atoms with Crippen LogP contribution in [0.5, 0.6) is 0 Å². The van der Waals surface area contributed by atoms with Gasteiger partial charge in [0.2, 0.25) is 11.7 Å². The number of aromatic nitrogens is 4. The molecule has 7 nitrogen and oxygen atoms in total. The molecule has 0 aliphatic heterocycles. The summed E-state index contributed by atoms with van der Waals surface area (Å²) in [4.78, 5) is 17.2. The number of hydrogen-bond donors (Lipinski definition) is 0. The molecule has 0 amide bonds. The van der Waals surface area contributed by atoms with E-state index in [1.807, 2.05) is 41.9 Å². The lowest BCUT2D eigenvalue weighted by molar-refractivity contribution is -0.121. The molecule has 0 saturated carbocycles. The number of Topliss-reactive ketones (excluding diaryl/α,β-unsaturated/α-hetero) is 1. The van der Waals surface area contributed by atoms with Gasteiger partial charge in [-0.3, -0.25) is 4.79 Å². The molecule has 8 heteroatoms. The SMILES string of the molecule is Cc1nc(-c2ccc(-n3nc(-c4ccc(F)cc4)c4c3[C@]3(C)C=C(C#N)C(=O)[C@H](C)[C@H]3CC4)cc2)no1. The first-order chi connectivity index (χ1) is 17.8. The number of nitrogens with zero attached hydrogens (tertiary/aromatic N) is 5. The van der Waals surface area contributed by atoms with Gasteiger partial charge in [0.15, 0.2) is 5.78 Å². The molecule has 0 fully saturated rings. The monoisotopic (exact) mass is 493 g/mol. The van der Waals surface area contributed by atoms with Crippen LogP contribution in [0.1, 0.15) is 37.4 Å². The molecule has 37 heavy (non-hydrogen) atoms. The largest absolute Gasteiger partial charge is 0.339 e. The predicted molar refractivity (Wildman–Crippen MR) is 134 cm³/mol. The van der Waals surface area contributed by atoms with Crippen LogP contribution in [0.2, 0.25) is 0 Å². The second kappa shape index (κ2) is 8.34. The molecule has 3 atom stereocenters. The number of ketones is 1. The van der Waals surface area contributed by atoms with Crippen molar-refractivity contribution in [2.24, 2.45) is 11.8 Å². The van der Waals surface area contributed by atoms with Gasteiger partial charge >= 0.3 is 0 Å². The van der Waals surface area contributed by atoms with Crippen molar-refractivity contribution in [3.8, 4) is 34.4 Å². The van der Waals surface area contributed by atoms with Gasteiger partial charge in [0.25, 0.3) is 0 Å². The first-order valence-electron chi connectivity index (χ1n) is 12.3. The lowest BCUT2D eigenvalue weighted by Gasteiger charge is -2.45. The molecule has 0 bridgehead atoms. The van der Waals surface area contributed by atoms with Gasteiger partial charge in [-0.05, 0) is 67.3 Å². The minimum Gasteiger partial charge on any atom is -0.339 e. The molecule has 6 rings (SSSR count). The Bertz CT molecular complexity index is 1610. The second-order valence-electron chi connectivity index (χ2n) is 10.0. The molecule has 0 unspecified atom stereocenters. The van der Waals surface area contributed by atoms with Crippen LogP contribution in [-0.4, -0.2) is 25.7 Å². The van der Waals surface area contributed by atoms with Crippen LogP contribution in [0.25, 0.3) is 28.3 Å². The van der Waals surface area contributed by atoms with Gasteiger partial charge < -0.3 is 4.52 Å². The minimum atomic E-state index is -0.583. The number of allylic oxidation sites excluding steroid dienone is 2. The number of carbonyl (C=O) groups is 1. The average molecular weight is 494 g/mol. The fraction of sp³-hybridized carbons (Fsp3) is 0.276. The highest BCUT2D eigenvalue weighted by atomic mass is 19.1. The summed E-state index contributed by atoms with van der Waals surface area (Å²) in [5.74, 6) is 0.341. The molecule has 2 heterocycles. The Balaban J connectivity index is 1.57. The first-order valence-corrected chi connectivity index (χ1v) is 12.3. The van der Waals surface area contributed by atoms with E-state index in [9.17, 15) is 14.4 Å². The lowest BCUT2D eigenvalue weighted by Crippen LogP contribution is -2.46. The van der Waals surface area contributed by atoms with Gasteiger partial charge in [0.05, 0.1) is 22.6 Å². The maximum Gasteiger partial charge on any atom is 0.223 e. The predicted octanol–water partition coefficient (Wildman–Crippen LogP) is 5.53. The molecule has 2 aromatic carbocycles. The molecule has 0 radical (unpaired) electrons. The standard InChI is InChI=1S/C29H24FN5O2/c1-16-24-13-12-23-25(18-4-8-21(30)9-5-18)33-35(27(23)29(24,3)14-20(15-31)26(16)36)22-10-6-19(7-11-22)28-32-17(2)37-34-28/h4-11,14,16,24H,12-13H2,1-3H3/t16-,24-,29-/m1/s1. The van der Waals surface area contributed by atoms with Crippen LogP contribution in [0.3, 0.4) is 0 Å². The van der Waals surface area contributed by atoms with Crippen LogP contribution in [0.4, 0.5) is 4.39 Å². The topological polar surface area (TPSA) is 97.6 Å². The number of nitriles is 1. The zero-order chi connectivity index (χ0) is 25.9. The molecule has 2 aliphatic carbocycles. The summed E-state index contributed by atoms with van der Waals surface area (Å²) >= 11 is 0. The summed E-state index contributed by atoms with van der Waals surface area (Å²) in [7, 11) is 0. The van der Waals surface area contributed by atoms with Gasteiger partial charge in [0, 0.05) is 34.9 Å². The number of halogens is 1. The summed E-state index contributed by atoms with van der Waals surface area (Å²) < 4.78 is 20.8. The Morgan fingerprint density at radius 3 is 2.49 bits per heavy atom. The minimum absolute atomic E-state index is 0.0303. The fourth-order valence-electron chi connectivity index (χ4n) is 6.04. The highest BCUT2D eigenvalue weighted by Crippen LogP contribution is 2.52. The molecule has 184 valence electrons. The lowest BCUT2D eigenvalue weighted by atomic mass is 9.57.